The smallest absolute Gasteiger partial charge is 0.224 e. The topological polar surface area (TPSA) is 41.1 Å². The van der Waals surface area contributed by atoms with E-state index in [1.165, 1.54) is 0 Å². The van der Waals surface area contributed by atoms with Gasteiger partial charge in [0.25, 0.3) is 0 Å². The summed E-state index contributed by atoms with van der Waals surface area (Å²) >= 11 is 1.83. The second-order valence-corrected chi connectivity index (χ2v) is 5.46. The molecule has 1 saturated heterocycles. The van der Waals surface area contributed by atoms with E-state index in [4.69, 9.17) is 0 Å². The predicted molar refractivity (Wildman–Crippen MR) is 66.1 cm³/mol. The van der Waals surface area contributed by atoms with Crippen molar-refractivity contribution in [2.24, 2.45) is 17.8 Å². The molecule has 88 valence electrons. The van der Waals surface area contributed by atoms with Gasteiger partial charge in [-0.3, -0.25) is 4.79 Å². The summed E-state index contributed by atoms with van der Waals surface area (Å²) in [5.41, 5.74) is 0. The number of hydrogen-bond acceptors (Lipinski definition) is 3. The molecule has 15 heavy (non-hydrogen) atoms. The molecule has 3 nitrogen and oxygen atoms in total. The molecule has 1 fully saturated rings. The molecule has 0 radical (unpaired) electrons. The third kappa shape index (κ3) is 4.03. The quantitative estimate of drug-likeness (QED) is 0.739. The zero-order valence-electron chi connectivity index (χ0n) is 9.88. The Morgan fingerprint density at radius 3 is 2.87 bits per heavy atom. The number of thioether (sulfide) groups is 1. The highest BCUT2D eigenvalue weighted by molar-refractivity contribution is 7.98. The van der Waals surface area contributed by atoms with Gasteiger partial charge in [-0.1, -0.05) is 13.8 Å². The third-order valence-electron chi connectivity index (χ3n) is 2.93. The fraction of sp³-hybridized carbons (Fsp3) is 0.909. The Kier molecular flexibility index (Phi) is 5.47. The van der Waals surface area contributed by atoms with Crippen LogP contribution in [0.4, 0.5) is 0 Å². The summed E-state index contributed by atoms with van der Waals surface area (Å²) in [6.45, 7) is 6.92. The highest BCUT2D eigenvalue weighted by Crippen LogP contribution is 2.15. The van der Waals surface area contributed by atoms with Crippen molar-refractivity contribution in [2.75, 3.05) is 31.6 Å². The van der Waals surface area contributed by atoms with Crippen LogP contribution in [0.2, 0.25) is 0 Å². The maximum atomic E-state index is 11.8. The van der Waals surface area contributed by atoms with Gasteiger partial charge in [0.05, 0.1) is 5.92 Å². The monoisotopic (exact) mass is 230 g/mol. The number of carbonyl (C=O) groups is 1. The lowest BCUT2D eigenvalue weighted by Gasteiger charge is -2.16. The number of rotatable bonds is 5. The molecule has 0 spiro atoms. The van der Waals surface area contributed by atoms with Crippen LogP contribution in [0.3, 0.4) is 0 Å². The normalized spacial score (nSPS) is 27.7. The Morgan fingerprint density at radius 1 is 1.60 bits per heavy atom. The third-order valence-corrected chi connectivity index (χ3v) is 3.83. The average Bonchev–Trinajstić information content (AvgIpc) is 2.61. The Bertz CT molecular complexity index is 211. The molecule has 1 rings (SSSR count). The van der Waals surface area contributed by atoms with Crippen molar-refractivity contribution >= 4 is 17.7 Å². The van der Waals surface area contributed by atoms with E-state index in [0.717, 1.165) is 25.4 Å². The van der Waals surface area contributed by atoms with Crippen molar-refractivity contribution in [1.82, 2.24) is 10.6 Å². The molecule has 1 heterocycles. The zero-order chi connectivity index (χ0) is 11.3. The van der Waals surface area contributed by atoms with Crippen LogP contribution >= 0.6 is 11.8 Å². The van der Waals surface area contributed by atoms with Crippen molar-refractivity contribution in [1.29, 1.82) is 0 Å². The van der Waals surface area contributed by atoms with Crippen molar-refractivity contribution < 1.29 is 4.79 Å². The molecule has 0 bridgehead atoms. The van der Waals surface area contributed by atoms with E-state index in [9.17, 15) is 4.79 Å². The van der Waals surface area contributed by atoms with Gasteiger partial charge in [0, 0.05) is 13.1 Å². The highest BCUT2D eigenvalue weighted by atomic mass is 32.2. The standard InChI is InChI=1S/C11H22N2OS/c1-8(7-15-3)4-13-11(14)10-6-12-5-9(10)2/h8-10,12H,4-7H2,1-3H3,(H,13,14). The summed E-state index contributed by atoms with van der Waals surface area (Å²) in [7, 11) is 0. The maximum Gasteiger partial charge on any atom is 0.224 e. The summed E-state index contributed by atoms with van der Waals surface area (Å²) in [6.07, 6.45) is 2.10. The molecule has 0 aliphatic carbocycles. The minimum absolute atomic E-state index is 0.173. The first-order valence-electron chi connectivity index (χ1n) is 5.62. The molecule has 1 aliphatic heterocycles. The maximum absolute atomic E-state index is 11.8. The van der Waals surface area contributed by atoms with Crippen LogP contribution in [0.15, 0.2) is 0 Å². The van der Waals surface area contributed by atoms with Gasteiger partial charge in [0.15, 0.2) is 0 Å². The van der Waals surface area contributed by atoms with Crippen molar-refractivity contribution in [3.63, 3.8) is 0 Å². The number of nitrogens with one attached hydrogen (secondary N) is 2. The van der Waals surface area contributed by atoms with Crippen LogP contribution in [0, 0.1) is 17.8 Å². The summed E-state index contributed by atoms with van der Waals surface area (Å²) < 4.78 is 0. The molecule has 3 unspecified atom stereocenters. The molecule has 1 amide bonds. The second kappa shape index (κ2) is 6.38. The van der Waals surface area contributed by atoms with E-state index in [1.54, 1.807) is 0 Å². The summed E-state index contributed by atoms with van der Waals surface area (Å²) in [6, 6.07) is 0. The summed E-state index contributed by atoms with van der Waals surface area (Å²) in [5, 5.41) is 6.30. The molecule has 0 saturated carbocycles. The first-order valence-corrected chi connectivity index (χ1v) is 7.02. The van der Waals surface area contributed by atoms with E-state index < -0.39 is 0 Å². The molecule has 0 aromatic heterocycles. The average molecular weight is 230 g/mol. The van der Waals surface area contributed by atoms with Gasteiger partial charge >= 0.3 is 0 Å². The SMILES string of the molecule is CSCC(C)CNC(=O)C1CNCC1C. The van der Waals surface area contributed by atoms with Gasteiger partial charge in [0.1, 0.15) is 0 Å². The lowest BCUT2D eigenvalue weighted by atomic mass is 9.97. The van der Waals surface area contributed by atoms with Gasteiger partial charge in [-0.25, -0.2) is 0 Å². The lowest BCUT2D eigenvalue weighted by Crippen LogP contribution is -2.37. The molecule has 0 aromatic carbocycles. The van der Waals surface area contributed by atoms with E-state index in [2.05, 4.69) is 30.7 Å². The highest BCUT2D eigenvalue weighted by Gasteiger charge is 2.29. The van der Waals surface area contributed by atoms with E-state index >= 15 is 0 Å². The van der Waals surface area contributed by atoms with Gasteiger partial charge in [-0.15, -0.1) is 0 Å². The van der Waals surface area contributed by atoms with Crippen LogP contribution < -0.4 is 10.6 Å². The minimum atomic E-state index is 0.173. The van der Waals surface area contributed by atoms with Crippen LogP contribution in [-0.2, 0) is 4.79 Å². The first-order chi connectivity index (χ1) is 7.15. The molecule has 3 atom stereocenters. The fourth-order valence-corrected chi connectivity index (χ4v) is 2.60. The Labute approximate surface area is 96.8 Å². The van der Waals surface area contributed by atoms with Crippen LogP contribution in [-0.4, -0.2) is 37.6 Å². The summed E-state index contributed by atoms with van der Waals surface area (Å²) in [5.74, 6) is 2.54. The Morgan fingerprint density at radius 2 is 2.33 bits per heavy atom. The minimum Gasteiger partial charge on any atom is -0.356 e. The van der Waals surface area contributed by atoms with E-state index in [0.29, 0.717) is 11.8 Å². The van der Waals surface area contributed by atoms with Gasteiger partial charge in [-0.2, -0.15) is 11.8 Å². The van der Waals surface area contributed by atoms with Crippen molar-refractivity contribution in [3.8, 4) is 0 Å². The Hall–Kier alpha value is -0.220. The molecular weight excluding hydrogens is 208 g/mol. The van der Waals surface area contributed by atoms with Gasteiger partial charge < -0.3 is 10.6 Å². The lowest BCUT2D eigenvalue weighted by molar-refractivity contribution is -0.125. The summed E-state index contributed by atoms with van der Waals surface area (Å²) in [4.78, 5) is 11.8. The molecule has 0 aromatic rings. The number of hydrogen-bond donors (Lipinski definition) is 2. The van der Waals surface area contributed by atoms with Gasteiger partial charge in [0.2, 0.25) is 5.91 Å². The first kappa shape index (κ1) is 12.8. The van der Waals surface area contributed by atoms with Crippen LogP contribution in [0.25, 0.3) is 0 Å². The zero-order valence-corrected chi connectivity index (χ0v) is 10.7. The fourth-order valence-electron chi connectivity index (χ4n) is 1.91. The van der Waals surface area contributed by atoms with Crippen molar-refractivity contribution in [3.05, 3.63) is 0 Å². The molecular formula is C11H22N2OS. The van der Waals surface area contributed by atoms with Gasteiger partial charge in [-0.05, 0) is 30.4 Å². The van der Waals surface area contributed by atoms with E-state index in [-0.39, 0.29) is 11.8 Å². The molecule has 1 aliphatic rings. The predicted octanol–water partition coefficient (Wildman–Crippen LogP) is 0.957. The number of carbonyl (C=O) groups excluding carboxylic acids is 1. The van der Waals surface area contributed by atoms with Crippen molar-refractivity contribution in [2.45, 2.75) is 13.8 Å². The molecule has 4 heteroatoms. The number of amides is 1. The van der Waals surface area contributed by atoms with E-state index in [1.807, 2.05) is 11.8 Å². The second-order valence-electron chi connectivity index (χ2n) is 4.55. The van der Waals surface area contributed by atoms with Crippen LogP contribution in [0.5, 0.6) is 0 Å². The Balaban J connectivity index is 2.23. The van der Waals surface area contributed by atoms with Crippen LogP contribution in [0.1, 0.15) is 13.8 Å². The molecule has 2 N–H and O–H groups in total. The largest absolute Gasteiger partial charge is 0.356 e.